The van der Waals surface area contributed by atoms with Crippen molar-refractivity contribution < 1.29 is 14.3 Å². The maximum absolute atomic E-state index is 13.4. The molecule has 2 aliphatic heterocycles. The molecule has 2 aromatic carbocycles. The van der Waals surface area contributed by atoms with Crippen molar-refractivity contribution in [3.05, 3.63) is 93.1 Å². The van der Waals surface area contributed by atoms with E-state index < -0.39 is 12.0 Å². The van der Waals surface area contributed by atoms with E-state index in [2.05, 4.69) is 0 Å². The van der Waals surface area contributed by atoms with E-state index in [4.69, 9.17) is 21.3 Å². The Morgan fingerprint density at radius 1 is 1.09 bits per heavy atom. The molecule has 0 aromatic heterocycles. The molecule has 2 aliphatic rings. The molecule has 6 nitrogen and oxygen atoms in total. The fourth-order valence-corrected chi connectivity index (χ4v) is 5.33. The van der Waals surface area contributed by atoms with Gasteiger partial charge in [0, 0.05) is 23.8 Å². The molecular weight excluding hydrogens is 482 g/mol. The Hall–Kier alpha value is -3.03. The molecule has 0 saturated heterocycles. The SMILES string of the molecule is CCN(CC)C(=O)CC1=CSC2=NC(C)=C(C(=O)OCc3ccccc3)C(c3ccc(Cl)cc3)N12. The zero-order valence-corrected chi connectivity index (χ0v) is 21.6. The number of carbonyl (C=O) groups is 2. The predicted octanol–water partition coefficient (Wildman–Crippen LogP) is 5.92. The molecule has 0 radical (unpaired) electrons. The van der Waals surface area contributed by atoms with E-state index in [1.807, 2.05) is 73.5 Å². The molecule has 0 aliphatic carbocycles. The van der Waals surface area contributed by atoms with Crippen molar-refractivity contribution in [3.63, 3.8) is 0 Å². The third-order valence-electron chi connectivity index (χ3n) is 6.07. The standard InChI is InChI=1S/C27H28ClN3O3S/c1-4-30(5-2)23(32)15-22-17-35-27-29-18(3)24(26(33)34-16-19-9-7-6-8-10-19)25(31(22)27)20-11-13-21(28)14-12-20/h6-14,17,25H,4-5,15-16H2,1-3H3. The second-order valence-corrected chi connectivity index (χ2v) is 9.52. The number of rotatable bonds is 8. The molecule has 35 heavy (non-hydrogen) atoms. The van der Waals surface area contributed by atoms with Gasteiger partial charge in [-0.05, 0) is 49.4 Å². The van der Waals surface area contributed by atoms with Crippen LogP contribution in [-0.4, -0.2) is 39.9 Å². The van der Waals surface area contributed by atoms with Gasteiger partial charge in [0.25, 0.3) is 0 Å². The van der Waals surface area contributed by atoms with Crippen LogP contribution in [0, 0.1) is 0 Å². The highest BCUT2D eigenvalue weighted by atomic mass is 35.5. The van der Waals surface area contributed by atoms with Crippen molar-refractivity contribution >= 4 is 40.4 Å². The number of amidine groups is 1. The molecule has 1 amide bonds. The van der Waals surface area contributed by atoms with Crippen LogP contribution in [0.3, 0.4) is 0 Å². The number of nitrogens with zero attached hydrogens (tertiary/aromatic N) is 3. The number of allylic oxidation sites excluding steroid dienone is 1. The number of hydrogen-bond donors (Lipinski definition) is 0. The van der Waals surface area contributed by atoms with Gasteiger partial charge < -0.3 is 14.5 Å². The van der Waals surface area contributed by atoms with Gasteiger partial charge in [0.05, 0.1) is 23.7 Å². The number of carbonyl (C=O) groups excluding carboxylic acids is 2. The summed E-state index contributed by atoms with van der Waals surface area (Å²) in [7, 11) is 0. The Balaban J connectivity index is 1.68. The molecule has 182 valence electrons. The Morgan fingerprint density at radius 3 is 2.43 bits per heavy atom. The molecule has 0 N–H and O–H groups in total. The lowest BCUT2D eigenvalue weighted by atomic mass is 9.94. The lowest BCUT2D eigenvalue weighted by molar-refractivity contribution is -0.141. The van der Waals surface area contributed by atoms with E-state index in [1.54, 1.807) is 17.0 Å². The summed E-state index contributed by atoms with van der Waals surface area (Å²) in [5, 5.41) is 3.30. The van der Waals surface area contributed by atoms with Crippen molar-refractivity contribution in [1.29, 1.82) is 0 Å². The van der Waals surface area contributed by atoms with Gasteiger partial charge in [-0.1, -0.05) is 65.8 Å². The lowest BCUT2D eigenvalue weighted by Gasteiger charge is -2.36. The minimum absolute atomic E-state index is 0.0393. The zero-order valence-electron chi connectivity index (χ0n) is 20.0. The second-order valence-electron chi connectivity index (χ2n) is 8.25. The van der Waals surface area contributed by atoms with Crippen LogP contribution in [0.15, 0.2) is 82.0 Å². The highest BCUT2D eigenvalue weighted by Crippen LogP contribution is 2.45. The number of halogens is 1. The molecule has 0 spiro atoms. The Morgan fingerprint density at radius 2 is 1.77 bits per heavy atom. The van der Waals surface area contributed by atoms with Crippen LogP contribution in [0.4, 0.5) is 0 Å². The van der Waals surface area contributed by atoms with Gasteiger partial charge in [-0.15, -0.1) is 0 Å². The molecule has 2 aromatic rings. The molecule has 4 rings (SSSR count). The van der Waals surface area contributed by atoms with E-state index in [-0.39, 0.29) is 18.9 Å². The molecular formula is C27H28ClN3O3S. The van der Waals surface area contributed by atoms with Crippen LogP contribution < -0.4 is 0 Å². The summed E-state index contributed by atoms with van der Waals surface area (Å²) < 4.78 is 5.73. The summed E-state index contributed by atoms with van der Waals surface area (Å²) >= 11 is 7.63. The van der Waals surface area contributed by atoms with Crippen LogP contribution in [0.25, 0.3) is 0 Å². The Bertz CT molecular complexity index is 1190. The van der Waals surface area contributed by atoms with Crippen LogP contribution >= 0.6 is 23.4 Å². The summed E-state index contributed by atoms with van der Waals surface area (Å²) in [6, 6.07) is 16.5. The van der Waals surface area contributed by atoms with Gasteiger partial charge in [0.2, 0.25) is 5.91 Å². The van der Waals surface area contributed by atoms with Crippen molar-refractivity contribution in [2.24, 2.45) is 4.99 Å². The van der Waals surface area contributed by atoms with Crippen molar-refractivity contribution in [2.45, 2.75) is 39.8 Å². The number of hydrogen-bond acceptors (Lipinski definition) is 6. The first kappa shape index (κ1) is 25.1. The van der Waals surface area contributed by atoms with Crippen LogP contribution in [-0.2, 0) is 20.9 Å². The van der Waals surface area contributed by atoms with Crippen LogP contribution in [0.1, 0.15) is 44.4 Å². The molecule has 2 heterocycles. The van der Waals surface area contributed by atoms with Crippen molar-refractivity contribution in [3.8, 4) is 0 Å². The lowest BCUT2D eigenvalue weighted by Crippen LogP contribution is -2.38. The van der Waals surface area contributed by atoms with Crippen LogP contribution in [0.2, 0.25) is 5.02 Å². The number of esters is 1. The first-order valence-corrected chi connectivity index (χ1v) is 12.9. The summed E-state index contributed by atoms with van der Waals surface area (Å²) in [5.74, 6) is -0.391. The van der Waals surface area contributed by atoms with Crippen molar-refractivity contribution in [2.75, 3.05) is 13.1 Å². The summed E-state index contributed by atoms with van der Waals surface area (Å²) in [6.07, 6.45) is 0.225. The smallest absolute Gasteiger partial charge is 0.338 e. The highest BCUT2D eigenvalue weighted by Gasteiger charge is 2.41. The van der Waals surface area contributed by atoms with E-state index in [9.17, 15) is 9.59 Å². The maximum atomic E-state index is 13.4. The fraction of sp³-hybridized carbons (Fsp3) is 0.296. The zero-order chi connectivity index (χ0) is 24.9. The fourth-order valence-electron chi connectivity index (χ4n) is 4.24. The highest BCUT2D eigenvalue weighted by molar-refractivity contribution is 8.16. The Kier molecular flexibility index (Phi) is 7.98. The average Bonchev–Trinajstić information content (AvgIpc) is 3.25. The third kappa shape index (κ3) is 5.46. The van der Waals surface area contributed by atoms with E-state index in [1.165, 1.54) is 11.8 Å². The van der Waals surface area contributed by atoms with Gasteiger partial charge in [0.15, 0.2) is 5.17 Å². The summed E-state index contributed by atoms with van der Waals surface area (Å²) in [4.78, 5) is 34.9. The summed E-state index contributed by atoms with van der Waals surface area (Å²) in [5.41, 5.74) is 3.65. The first-order chi connectivity index (χ1) is 16.9. The largest absolute Gasteiger partial charge is 0.457 e. The molecule has 0 bridgehead atoms. The molecule has 0 fully saturated rings. The number of ether oxygens (including phenoxy) is 1. The number of thioether (sulfide) groups is 1. The topological polar surface area (TPSA) is 62.2 Å². The van der Waals surface area contributed by atoms with Gasteiger partial charge in [-0.3, -0.25) is 4.79 Å². The average molecular weight is 510 g/mol. The molecule has 0 saturated carbocycles. The maximum Gasteiger partial charge on any atom is 0.338 e. The second kappa shape index (κ2) is 11.1. The molecule has 1 unspecified atom stereocenters. The first-order valence-electron chi connectivity index (χ1n) is 11.6. The minimum atomic E-state index is -0.478. The van der Waals surface area contributed by atoms with Gasteiger partial charge >= 0.3 is 5.97 Å². The number of fused-ring (bicyclic) bond motifs is 1. The van der Waals surface area contributed by atoms with Gasteiger partial charge in [0.1, 0.15) is 6.61 Å². The summed E-state index contributed by atoms with van der Waals surface area (Å²) in [6.45, 7) is 7.22. The normalized spacial score (nSPS) is 17.0. The van der Waals surface area contributed by atoms with Gasteiger partial charge in [-0.2, -0.15) is 0 Å². The van der Waals surface area contributed by atoms with Crippen LogP contribution in [0.5, 0.6) is 0 Å². The minimum Gasteiger partial charge on any atom is -0.457 e. The third-order valence-corrected chi connectivity index (χ3v) is 7.21. The van der Waals surface area contributed by atoms with E-state index in [0.29, 0.717) is 29.4 Å². The quantitative estimate of drug-likeness (QED) is 0.413. The van der Waals surface area contributed by atoms with Gasteiger partial charge in [-0.25, -0.2) is 9.79 Å². The number of aliphatic imine (C=N–C) groups is 1. The molecule has 8 heteroatoms. The van der Waals surface area contributed by atoms with E-state index in [0.717, 1.165) is 22.0 Å². The van der Waals surface area contributed by atoms with Crippen molar-refractivity contribution in [1.82, 2.24) is 9.80 Å². The monoisotopic (exact) mass is 509 g/mol. The number of amides is 1. The molecule has 1 atom stereocenters. The predicted molar refractivity (Wildman–Crippen MR) is 141 cm³/mol. The van der Waals surface area contributed by atoms with E-state index >= 15 is 0 Å². The Labute approximate surface area is 215 Å². The number of benzene rings is 2.